The summed E-state index contributed by atoms with van der Waals surface area (Å²) in [6.45, 7) is 0.848. The second kappa shape index (κ2) is 7.11. The first-order chi connectivity index (χ1) is 8.66. The number of carbonyl (C=O) groups excluding carboxylic acids is 1. The number of amides is 1. The van der Waals surface area contributed by atoms with Gasteiger partial charge in [-0.3, -0.25) is 9.59 Å². The predicted molar refractivity (Wildman–Crippen MR) is 73.3 cm³/mol. The number of fused-ring (bicyclic) bond motifs is 1. The SMILES string of the molecule is Cl.O=C(O)CCNC(=O)C1Cc2ccccc2CN1. The van der Waals surface area contributed by atoms with Crippen molar-refractivity contribution in [2.24, 2.45) is 0 Å². The molecule has 2 rings (SSSR count). The van der Waals surface area contributed by atoms with Crippen molar-refractivity contribution in [3.63, 3.8) is 0 Å². The zero-order valence-electron chi connectivity index (χ0n) is 10.4. The molecule has 1 aliphatic heterocycles. The minimum absolute atomic E-state index is 0. The zero-order chi connectivity index (χ0) is 13.0. The second-order valence-corrected chi connectivity index (χ2v) is 4.34. The summed E-state index contributed by atoms with van der Waals surface area (Å²) >= 11 is 0. The molecule has 0 radical (unpaired) electrons. The topological polar surface area (TPSA) is 78.4 Å². The van der Waals surface area contributed by atoms with Gasteiger partial charge >= 0.3 is 5.97 Å². The Bertz CT molecular complexity index is 465. The number of hydrogen-bond donors (Lipinski definition) is 3. The Hall–Kier alpha value is -1.59. The van der Waals surface area contributed by atoms with Gasteiger partial charge in [0, 0.05) is 13.1 Å². The van der Waals surface area contributed by atoms with E-state index in [0.29, 0.717) is 13.0 Å². The fourth-order valence-corrected chi connectivity index (χ4v) is 2.06. The number of aliphatic carboxylic acids is 1. The van der Waals surface area contributed by atoms with Gasteiger partial charge in [0.25, 0.3) is 0 Å². The van der Waals surface area contributed by atoms with Crippen molar-refractivity contribution in [3.8, 4) is 0 Å². The van der Waals surface area contributed by atoms with Crippen LogP contribution >= 0.6 is 12.4 Å². The fourth-order valence-electron chi connectivity index (χ4n) is 2.06. The average Bonchev–Trinajstić information content (AvgIpc) is 2.37. The van der Waals surface area contributed by atoms with Gasteiger partial charge in [0.1, 0.15) is 0 Å². The van der Waals surface area contributed by atoms with E-state index in [9.17, 15) is 9.59 Å². The van der Waals surface area contributed by atoms with Crippen LogP contribution in [0.5, 0.6) is 0 Å². The van der Waals surface area contributed by atoms with E-state index in [1.54, 1.807) is 0 Å². The summed E-state index contributed by atoms with van der Waals surface area (Å²) in [4.78, 5) is 22.2. The number of carboxylic acid groups (broad SMARTS) is 1. The molecule has 1 atom stereocenters. The van der Waals surface area contributed by atoms with E-state index in [1.807, 2.05) is 24.3 Å². The molecule has 0 bridgehead atoms. The average molecular weight is 285 g/mol. The molecule has 0 spiro atoms. The van der Waals surface area contributed by atoms with E-state index in [2.05, 4.69) is 10.6 Å². The number of carboxylic acids is 1. The summed E-state index contributed by atoms with van der Waals surface area (Å²) in [5.41, 5.74) is 2.39. The third-order valence-corrected chi connectivity index (χ3v) is 3.04. The van der Waals surface area contributed by atoms with Gasteiger partial charge in [-0.1, -0.05) is 24.3 Å². The first-order valence-corrected chi connectivity index (χ1v) is 5.96. The highest BCUT2D eigenvalue weighted by Crippen LogP contribution is 2.16. The van der Waals surface area contributed by atoms with E-state index in [-0.39, 0.29) is 37.3 Å². The molecule has 0 fully saturated rings. The van der Waals surface area contributed by atoms with Crippen LogP contribution in [0.15, 0.2) is 24.3 Å². The van der Waals surface area contributed by atoms with E-state index in [4.69, 9.17) is 5.11 Å². The van der Waals surface area contributed by atoms with Crippen LogP contribution in [-0.2, 0) is 22.6 Å². The smallest absolute Gasteiger partial charge is 0.305 e. The Morgan fingerprint density at radius 1 is 1.32 bits per heavy atom. The zero-order valence-corrected chi connectivity index (χ0v) is 11.2. The number of rotatable bonds is 4. The van der Waals surface area contributed by atoms with Gasteiger partial charge in [-0.05, 0) is 17.5 Å². The molecule has 1 unspecified atom stereocenters. The van der Waals surface area contributed by atoms with E-state index < -0.39 is 5.97 Å². The minimum Gasteiger partial charge on any atom is -0.481 e. The quantitative estimate of drug-likeness (QED) is 0.761. The van der Waals surface area contributed by atoms with Crippen molar-refractivity contribution in [1.82, 2.24) is 10.6 Å². The van der Waals surface area contributed by atoms with Crippen LogP contribution in [0.4, 0.5) is 0 Å². The highest BCUT2D eigenvalue weighted by Gasteiger charge is 2.23. The summed E-state index contributed by atoms with van der Waals surface area (Å²) in [7, 11) is 0. The van der Waals surface area contributed by atoms with Crippen molar-refractivity contribution in [1.29, 1.82) is 0 Å². The largest absolute Gasteiger partial charge is 0.481 e. The molecule has 0 saturated carbocycles. The van der Waals surface area contributed by atoms with E-state index in [0.717, 1.165) is 0 Å². The lowest BCUT2D eigenvalue weighted by Crippen LogP contribution is -2.48. The van der Waals surface area contributed by atoms with Gasteiger partial charge in [0.05, 0.1) is 12.5 Å². The lowest BCUT2D eigenvalue weighted by Gasteiger charge is -2.25. The van der Waals surface area contributed by atoms with Crippen LogP contribution < -0.4 is 10.6 Å². The lowest BCUT2D eigenvalue weighted by molar-refractivity contribution is -0.137. The summed E-state index contributed by atoms with van der Waals surface area (Å²) in [5.74, 6) is -1.04. The summed E-state index contributed by atoms with van der Waals surface area (Å²) < 4.78 is 0. The molecule has 0 saturated heterocycles. The maximum Gasteiger partial charge on any atom is 0.305 e. The van der Waals surface area contributed by atoms with Gasteiger partial charge in [0.2, 0.25) is 5.91 Å². The Balaban J connectivity index is 0.00000180. The normalized spacial score (nSPS) is 16.9. The number of hydrogen-bond acceptors (Lipinski definition) is 3. The predicted octanol–water partition coefficient (Wildman–Crippen LogP) is 0.714. The molecular weight excluding hydrogens is 268 g/mol. The second-order valence-electron chi connectivity index (χ2n) is 4.34. The Kier molecular flexibility index (Phi) is 5.79. The molecule has 1 aliphatic rings. The molecular formula is C13H17ClN2O3. The van der Waals surface area contributed by atoms with Gasteiger partial charge in [-0.2, -0.15) is 0 Å². The molecule has 1 aromatic rings. The number of carbonyl (C=O) groups is 2. The van der Waals surface area contributed by atoms with E-state index >= 15 is 0 Å². The minimum atomic E-state index is -0.905. The van der Waals surface area contributed by atoms with Gasteiger partial charge in [-0.25, -0.2) is 0 Å². The molecule has 6 heteroatoms. The third-order valence-electron chi connectivity index (χ3n) is 3.04. The summed E-state index contributed by atoms with van der Waals surface area (Å²) in [6.07, 6.45) is 0.601. The molecule has 104 valence electrons. The summed E-state index contributed by atoms with van der Waals surface area (Å²) in [5, 5.41) is 14.3. The Morgan fingerprint density at radius 2 is 2.00 bits per heavy atom. The molecule has 3 N–H and O–H groups in total. The molecule has 1 heterocycles. The standard InChI is InChI=1S/C13H16N2O3.ClH/c16-12(17)5-6-14-13(18)11-7-9-3-1-2-4-10(9)8-15-11;/h1-4,11,15H,5-8H2,(H,14,18)(H,16,17);1H. The van der Waals surface area contributed by atoms with Crippen molar-refractivity contribution < 1.29 is 14.7 Å². The van der Waals surface area contributed by atoms with Crippen LogP contribution in [0.2, 0.25) is 0 Å². The van der Waals surface area contributed by atoms with Crippen LogP contribution in [0, 0.1) is 0 Å². The number of benzene rings is 1. The first-order valence-electron chi connectivity index (χ1n) is 5.96. The first kappa shape index (κ1) is 15.5. The monoisotopic (exact) mass is 284 g/mol. The van der Waals surface area contributed by atoms with Crippen molar-refractivity contribution in [3.05, 3.63) is 35.4 Å². The molecule has 19 heavy (non-hydrogen) atoms. The van der Waals surface area contributed by atoms with Gasteiger partial charge in [0.15, 0.2) is 0 Å². The maximum absolute atomic E-state index is 11.8. The summed E-state index contributed by atoms with van der Waals surface area (Å²) in [6, 6.07) is 7.74. The highest BCUT2D eigenvalue weighted by molar-refractivity contribution is 5.85. The lowest BCUT2D eigenvalue weighted by atomic mass is 9.95. The van der Waals surface area contributed by atoms with Crippen molar-refractivity contribution in [2.45, 2.75) is 25.4 Å². The number of nitrogens with one attached hydrogen (secondary N) is 2. The molecule has 0 aliphatic carbocycles. The Morgan fingerprint density at radius 3 is 2.68 bits per heavy atom. The third kappa shape index (κ3) is 4.22. The molecule has 1 aromatic carbocycles. The van der Waals surface area contributed by atoms with Crippen LogP contribution in [0.3, 0.4) is 0 Å². The van der Waals surface area contributed by atoms with Gasteiger partial charge < -0.3 is 15.7 Å². The van der Waals surface area contributed by atoms with Crippen molar-refractivity contribution >= 4 is 24.3 Å². The Labute approximate surface area is 117 Å². The molecule has 0 aromatic heterocycles. The number of halogens is 1. The van der Waals surface area contributed by atoms with Crippen LogP contribution in [0.1, 0.15) is 17.5 Å². The fraction of sp³-hybridized carbons (Fsp3) is 0.385. The van der Waals surface area contributed by atoms with E-state index in [1.165, 1.54) is 11.1 Å². The van der Waals surface area contributed by atoms with Crippen molar-refractivity contribution in [2.75, 3.05) is 6.54 Å². The van der Waals surface area contributed by atoms with Crippen LogP contribution in [-0.4, -0.2) is 29.6 Å². The highest BCUT2D eigenvalue weighted by atomic mass is 35.5. The molecule has 5 nitrogen and oxygen atoms in total. The van der Waals surface area contributed by atoms with Crippen LogP contribution in [0.25, 0.3) is 0 Å². The molecule has 1 amide bonds. The van der Waals surface area contributed by atoms with Gasteiger partial charge in [-0.15, -0.1) is 12.4 Å². The maximum atomic E-state index is 11.8.